The molecule has 0 bridgehead atoms. The first-order chi connectivity index (χ1) is 6.61. The predicted octanol–water partition coefficient (Wildman–Crippen LogP) is -2.68. The van der Waals surface area contributed by atoms with Crippen LogP contribution >= 0.6 is 0 Å². The zero-order chi connectivity index (χ0) is 10.6. The van der Waals surface area contributed by atoms with Gasteiger partial charge in [-0.2, -0.15) is 0 Å². The lowest BCUT2D eigenvalue weighted by Crippen LogP contribution is -2.52. The van der Waals surface area contributed by atoms with E-state index < -0.39 is 0 Å². The molecule has 7 nitrogen and oxygen atoms in total. The van der Waals surface area contributed by atoms with Crippen LogP contribution in [0.4, 0.5) is 0 Å². The van der Waals surface area contributed by atoms with Crippen LogP contribution in [0, 0.1) is 0 Å². The average molecular weight is 200 g/mol. The van der Waals surface area contributed by atoms with Gasteiger partial charge in [-0.25, -0.2) is 5.84 Å². The van der Waals surface area contributed by atoms with Crippen LogP contribution in [0.2, 0.25) is 0 Å². The Morgan fingerprint density at radius 1 is 1.43 bits per heavy atom. The molecular weight excluding hydrogens is 188 g/mol. The lowest BCUT2D eigenvalue weighted by atomic mass is 10.3. The first-order valence-corrected chi connectivity index (χ1v) is 4.16. The van der Waals surface area contributed by atoms with Gasteiger partial charge in [0.15, 0.2) is 0 Å². The molecule has 3 amide bonds. The molecule has 1 saturated heterocycles. The molecular formula is C7H12N4O3. The monoisotopic (exact) mass is 200 g/mol. The molecule has 0 saturated carbocycles. The zero-order valence-electron chi connectivity index (χ0n) is 7.58. The number of piperazine rings is 1. The lowest BCUT2D eigenvalue weighted by molar-refractivity contribution is -0.136. The summed E-state index contributed by atoms with van der Waals surface area (Å²) < 4.78 is 0. The molecule has 1 aliphatic rings. The van der Waals surface area contributed by atoms with E-state index in [1.54, 1.807) is 4.90 Å². The van der Waals surface area contributed by atoms with Crippen molar-refractivity contribution in [3.05, 3.63) is 0 Å². The summed E-state index contributed by atoms with van der Waals surface area (Å²) in [7, 11) is 0. The number of nitrogens with zero attached hydrogens (tertiary/aromatic N) is 1. The Morgan fingerprint density at radius 3 is 2.50 bits per heavy atom. The molecule has 0 aromatic heterocycles. The summed E-state index contributed by atoms with van der Waals surface area (Å²) in [6.45, 7) is 0.634. The molecule has 78 valence electrons. The molecule has 14 heavy (non-hydrogen) atoms. The third-order valence-electron chi connectivity index (χ3n) is 1.83. The second-order valence-electron chi connectivity index (χ2n) is 3.00. The maximum Gasteiger partial charge on any atom is 0.240 e. The van der Waals surface area contributed by atoms with Crippen molar-refractivity contribution in [2.75, 3.05) is 19.6 Å². The number of hydrogen-bond acceptors (Lipinski definition) is 5. The smallest absolute Gasteiger partial charge is 0.240 e. The highest BCUT2D eigenvalue weighted by molar-refractivity contribution is 5.99. The Hall–Kier alpha value is -1.47. The Balaban J connectivity index is 2.33. The molecule has 0 aromatic carbocycles. The third kappa shape index (κ3) is 3.11. The molecule has 7 heteroatoms. The van der Waals surface area contributed by atoms with Gasteiger partial charge in [0, 0.05) is 13.0 Å². The van der Waals surface area contributed by atoms with Gasteiger partial charge in [-0.15, -0.1) is 0 Å². The van der Waals surface area contributed by atoms with E-state index >= 15 is 0 Å². The Bertz CT molecular complexity index is 250. The first kappa shape index (κ1) is 10.6. The van der Waals surface area contributed by atoms with E-state index in [-0.39, 0.29) is 37.2 Å². The molecule has 0 spiro atoms. The highest BCUT2D eigenvalue weighted by atomic mass is 16.2. The fourth-order valence-corrected chi connectivity index (χ4v) is 1.19. The maximum absolute atomic E-state index is 10.9. The molecule has 0 unspecified atom stereocenters. The number of nitrogens with one attached hydrogen (secondary N) is 2. The summed E-state index contributed by atoms with van der Waals surface area (Å²) in [5, 5.41) is 2.17. The summed E-state index contributed by atoms with van der Waals surface area (Å²) in [5.41, 5.74) is 1.98. The zero-order valence-corrected chi connectivity index (χ0v) is 7.58. The van der Waals surface area contributed by atoms with Crippen LogP contribution in [0.15, 0.2) is 0 Å². The van der Waals surface area contributed by atoms with Crippen molar-refractivity contribution < 1.29 is 14.4 Å². The molecule has 1 rings (SSSR count). The minimum Gasteiger partial charge on any atom is -0.294 e. The van der Waals surface area contributed by atoms with E-state index in [4.69, 9.17) is 5.84 Å². The molecule has 0 aliphatic carbocycles. The number of carbonyl (C=O) groups is 3. The van der Waals surface area contributed by atoms with Crippen LogP contribution in [0.3, 0.4) is 0 Å². The lowest BCUT2D eigenvalue weighted by Gasteiger charge is -2.24. The minimum absolute atomic E-state index is 0.142. The molecule has 0 radical (unpaired) electrons. The van der Waals surface area contributed by atoms with E-state index in [2.05, 4.69) is 5.32 Å². The Kier molecular flexibility index (Phi) is 3.55. The van der Waals surface area contributed by atoms with E-state index in [9.17, 15) is 14.4 Å². The van der Waals surface area contributed by atoms with Crippen LogP contribution < -0.4 is 16.6 Å². The van der Waals surface area contributed by atoms with Gasteiger partial charge in [0.25, 0.3) is 0 Å². The average Bonchev–Trinajstić information content (AvgIpc) is 2.12. The fraction of sp³-hybridized carbons (Fsp3) is 0.571. The summed E-state index contributed by atoms with van der Waals surface area (Å²) in [5.74, 6) is 3.88. The number of rotatable bonds is 3. The number of carbonyl (C=O) groups excluding carboxylic acids is 3. The number of nitrogens with two attached hydrogens (primary N) is 1. The summed E-state index contributed by atoms with van der Waals surface area (Å²) >= 11 is 0. The maximum atomic E-state index is 10.9. The van der Waals surface area contributed by atoms with Gasteiger partial charge in [0.1, 0.15) is 0 Å². The van der Waals surface area contributed by atoms with Gasteiger partial charge in [-0.05, 0) is 0 Å². The van der Waals surface area contributed by atoms with E-state index in [1.165, 1.54) is 0 Å². The summed E-state index contributed by atoms with van der Waals surface area (Å²) in [4.78, 5) is 34.2. The van der Waals surface area contributed by atoms with Crippen molar-refractivity contribution >= 4 is 17.7 Å². The van der Waals surface area contributed by atoms with Crippen LogP contribution in [-0.4, -0.2) is 42.3 Å². The van der Waals surface area contributed by atoms with Crippen LogP contribution in [0.1, 0.15) is 6.42 Å². The normalized spacial score (nSPS) is 17.8. The van der Waals surface area contributed by atoms with Gasteiger partial charge < -0.3 is 0 Å². The quantitative estimate of drug-likeness (QED) is 0.199. The van der Waals surface area contributed by atoms with Crippen molar-refractivity contribution in [3.63, 3.8) is 0 Å². The molecule has 1 fully saturated rings. The van der Waals surface area contributed by atoms with Crippen LogP contribution in [-0.2, 0) is 14.4 Å². The van der Waals surface area contributed by atoms with Crippen molar-refractivity contribution in [2.24, 2.45) is 5.84 Å². The second-order valence-corrected chi connectivity index (χ2v) is 3.00. The van der Waals surface area contributed by atoms with Gasteiger partial charge in [0.05, 0.1) is 13.1 Å². The fourth-order valence-electron chi connectivity index (χ4n) is 1.19. The Labute approximate surface area is 80.6 Å². The van der Waals surface area contributed by atoms with Crippen molar-refractivity contribution in [2.45, 2.75) is 6.42 Å². The predicted molar refractivity (Wildman–Crippen MR) is 46.5 cm³/mol. The molecule has 4 N–H and O–H groups in total. The van der Waals surface area contributed by atoms with Crippen LogP contribution in [0.25, 0.3) is 0 Å². The van der Waals surface area contributed by atoms with Gasteiger partial charge >= 0.3 is 0 Å². The van der Waals surface area contributed by atoms with Gasteiger partial charge in [-0.1, -0.05) is 0 Å². The number of amides is 3. The number of hydrogen-bond donors (Lipinski definition) is 3. The van der Waals surface area contributed by atoms with E-state index in [1.807, 2.05) is 5.43 Å². The van der Waals surface area contributed by atoms with Gasteiger partial charge in [-0.3, -0.25) is 30.0 Å². The van der Waals surface area contributed by atoms with Crippen LogP contribution in [0.5, 0.6) is 0 Å². The topological polar surface area (TPSA) is 105 Å². The molecule has 1 aliphatic heterocycles. The number of hydrazine groups is 1. The highest BCUT2D eigenvalue weighted by Gasteiger charge is 2.22. The molecule has 1 heterocycles. The minimum atomic E-state index is -0.339. The highest BCUT2D eigenvalue weighted by Crippen LogP contribution is 1.95. The van der Waals surface area contributed by atoms with Gasteiger partial charge in [0.2, 0.25) is 17.7 Å². The summed E-state index contributed by atoms with van der Waals surface area (Å²) in [6, 6.07) is 0. The first-order valence-electron chi connectivity index (χ1n) is 4.16. The molecule has 0 aromatic rings. The van der Waals surface area contributed by atoms with E-state index in [0.717, 1.165) is 0 Å². The number of imide groups is 1. The Morgan fingerprint density at radius 2 is 2.00 bits per heavy atom. The standard InChI is InChI=1S/C7H12N4O3/c8-10-5(12)1-2-11-3-6(13)9-7(14)4-11/h1-4,8H2,(H,10,12)(H,9,13,14). The second kappa shape index (κ2) is 4.68. The third-order valence-corrected chi connectivity index (χ3v) is 1.83. The van der Waals surface area contributed by atoms with Crippen molar-refractivity contribution in [1.29, 1.82) is 0 Å². The van der Waals surface area contributed by atoms with Crippen molar-refractivity contribution in [3.8, 4) is 0 Å². The SMILES string of the molecule is NNC(=O)CCN1CC(=O)NC(=O)C1. The van der Waals surface area contributed by atoms with E-state index in [0.29, 0.717) is 6.54 Å². The largest absolute Gasteiger partial charge is 0.294 e. The molecule has 0 atom stereocenters. The summed E-state index contributed by atoms with van der Waals surface area (Å²) in [6.07, 6.45) is 0.178. The van der Waals surface area contributed by atoms with Crippen molar-refractivity contribution in [1.82, 2.24) is 15.6 Å².